The van der Waals surface area contributed by atoms with Gasteiger partial charge in [-0.2, -0.15) is 18.3 Å². The zero-order valence-corrected chi connectivity index (χ0v) is 15.2. The van der Waals surface area contributed by atoms with Crippen LogP contribution in [-0.4, -0.2) is 24.4 Å². The maximum Gasteiger partial charge on any atom is 0.416 e. The summed E-state index contributed by atoms with van der Waals surface area (Å²) in [6.07, 6.45) is 1.80. The Morgan fingerprint density at radius 2 is 2.00 bits per heavy atom. The molecule has 7 nitrogen and oxygen atoms in total. The molecule has 0 aliphatic heterocycles. The normalized spacial score (nSPS) is 11.1. The molecular formula is C19H16F3N3O4. The summed E-state index contributed by atoms with van der Waals surface area (Å²) in [4.78, 5) is 10.2. The maximum atomic E-state index is 12.7. The van der Waals surface area contributed by atoms with E-state index < -0.39 is 22.4 Å². The molecule has 0 aromatic heterocycles. The summed E-state index contributed by atoms with van der Waals surface area (Å²) in [7, 11) is 0. The first-order chi connectivity index (χ1) is 13.8. The molecule has 0 unspecified atom stereocenters. The molecule has 0 aliphatic rings. The predicted molar refractivity (Wildman–Crippen MR) is 101 cm³/mol. The molecule has 152 valence electrons. The number of benzene rings is 2. The number of ether oxygens (including phenoxy) is 2. The van der Waals surface area contributed by atoms with E-state index in [1.807, 2.05) is 0 Å². The fourth-order valence-electron chi connectivity index (χ4n) is 2.24. The summed E-state index contributed by atoms with van der Waals surface area (Å²) in [5, 5.41) is 14.9. The minimum absolute atomic E-state index is 0.0622. The fraction of sp³-hybridized carbons (Fsp3) is 0.211. The highest BCUT2D eigenvalue weighted by Crippen LogP contribution is 2.35. The molecule has 0 fully saturated rings. The van der Waals surface area contributed by atoms with E-state index in [0.717, 1.165) is 12.1 Å². The number of anilines is 1. The number of nitrogens with one attached hydrogen (secondary N) is 1. The highest BCUT2D eigenvalue weighted by atomic mass is 19.4. The summed E-state index contributed by atoms with van der Waals surface area (Å²) in [6, 6.07) is 6.99. The van der Waals surface area contributed by atoms with Gasteiger partial charge in [0.2, 0.25) is 0 Å². The molecule has 2 rings (SSSR count). The first-order valence-corrected chi connectivity index (χ1v) is 8.24. The second kappa shape index (κ2) is 9.45. The minimum atomic E-state index is -4.69. The van der Waals surface area contributed by atoms with E-state index in [-0.39, 0.29) is 12.3 Å². The van der Waals surface area contributed by atoms with Crippen molar-refractivity contribution in [3.8, 4) is 23.8 Å². The fourth-order valence-corrected chi connectivity index (χ4v) is 2.24. The third-order valence-corrected chi connectivity index (χ3v) is 3.50. The Bertz CT molecular complexity index is 953. The van der Waals surface area contributed by atoms with Crippen LogP contribution in [0.4, 0.5) is 24.5 Å². The van der Waals surface area contributed by atoms with Crippen LogP contribution in [0.25, 0.3) is 0 Å². The second-order valence-electron chi connectivity index (χ2n) is 5.49. The SMILES string of the molecule is C#CCOc1ccc(/C=N\Nc2ccc(C(F)(F)F)cc2[N+](=O)[O-])cc1OCC. The number of halogens is 3. The Hall–Kier alpha value is -3.74. The monoisotopic (exact) mass is 407 g/mol. The Balaban J connectivity index is 2.22. The highest BCUT2D eigenvalue weighted by molar-refractivity contribution is 5.82. The topological polar surface area (TPSA) is 86.0 Å². The highest BCUT2D eigenvalue weighted by Gasteiger charge is 2.33. The molecule has 2 aromatic rings. The molecule has 0 aliphatic carbocycles. The maximum absolute atomic E-state index is 12.7. The lowest BCUT2D eigenvalue weighted by Gasteiger charge is -2.11. The van der Waals surface area contributed by atoms with Gasteiger partial charge in [-0.1, -0.05) is 5.92 Å². The van der Waals surface area contributed by atoms with Gasteiger partial charge in [-0.3, -0.25) is 15.5 Å². The molecule has 29 heavy (non-hydrogen) atoms. The average Bonchev–Trinajstić information content (AvgIpc) is 2.67. The third kappa shape index (κ3) is 5.87. The second-order valence-corrected chi connectivity index (χ2v) is 5.49. The Morgan fingerprint density at radius 1 is 1.24 bits per heavy atom. The number of terminal acetylenes is 1. The van der Waals surface area contributed by atoms with Crippen LogP contribution in [0.3, 0.4) is 0 Å². The minimum Gasteiger partial charge on any atom is -0.490 e. The van der Waals surface area contributed by atoms with E-state index in [9.17, 15) is 23.3 Å². The molecule has 0 amide bonds. The molecule has 2 aromatic carbocycles. The molecule has 10 heteroatoms. The van der Waals surface area contributed by atoms with Crippen molar-refractivity contribution in [2.24, 2.45) is 5.10 Å². The van der Waals surface area contributed by atoms with E-state index >= 15 is 0 Å². The molecule has 0 saturated carbocycles. The Labute approximate surface area is 164 Å². The summed E-state index contributed by atoms with van der Waals surface area (Å²) >= 11 is 0. The molecular weight excluding hydrogens is 391 g/mol. The van der Waals surface area contributed by atoms with Gasteiger partial charge in [0.15, 0.2) is 11.5 Å². The number of rotatable bonds is 8. The smallest absolute Gasteiger partial charge is 0.416 e. The lowest BCUT2D eigenvalue weighted by molar-refractivity contribution is -0.384. The third-order valence-electron chi connectivity index (χ3n) is 3.50. The van der Waals surface area contributed by atoms with Gasteiger partial charge in [0.1, 0.15) is 12.3 Å². The van der Waals surface area contributed by atoms with E-state index in [2.05, 4.69) is 16.4 Å². The molecule has 0 bridgehead atoms. The van der Waals surface area contributed by atoms with E-state index in [0.29, 0.717) is 29.7 Å². The van der Waals surface area contributed by atoms with Gasteiger partial charge in [-0.05, 0) is 42.8 Å². The van der Waals surface area contributed by atoms with Gasteiger partial charge >= 0.3 is 6.18 Å². The quantitative estimate of drug-likeness (QED) is 0.302. The van der Waals surface area contributed by atoms with Crippen molar-refractivity contribution >= 4 is 17.6 Å². The number of hydrazone groups is 1. The number of hydrogen-bond donors (Lipinski definition) is 1. The standard InChI is InChI=1S/C19H16F3N3O4/c1-3-9-29-17-8-5-13(10-18(17)28-4-2)12-23-24-15-7-6-14(19(20,21)22)11-16(15)25(26)27/h1,5-8,10-12,24H,4,9H2,2H3/b23-12-. The first-order valence-electron chi connectivity index (χ1n) is 8.24. The predicted octanol–water partition coefficient (Wildman–Crippen LogP) is 4.47. The Morgan fingerprint density at radius 3 is 2.62 bits per heavy atom. The van der Waals surface area contributed by atoms with Gasteiger partial charge in [-0.25, -0.2) is 0 Å². The number of nitrogens with zero attached hydrogens (tertiary/aromatic N) is 2. The van der Waals surface area contributed by atoms with Crippen molar-refractivity contribution in [1.82, 2.24) is 0 Å². The van der Waals surface area contributed by atoms with Crippen molar-refractivity contribution in [1.29, 1.82) is 0 Å². The molecule has 0 atom stereocenters. The summed E-state index contributed by atoms with van der Waals surface area (Å²) in [6.45, 7) is 2.23. The summed E-state index contributed by atoms with van der Waals surface area (Å²) in [5.74, 6) is 3.20. The lowest BCUT2D eigenvalue weighted by Crippen LogP contribution is -2.06. The van der Waals surface area contributed by atoms with Crippen LogP contribution in [0, 0.1) is 22.5 Å². The molecule has 0 spiro atoms. The van der Waals surface area contributed by atoms with Crippen LogP contribution in [-0.2, 0) is 6.18 Å². The van der Waals surface area contributed by atoms with Gasteiger partial charge in [-0.15, -0.1) is 6.42 Å². The van der Waals surface area contributed by atoms with Gasteiger partial charge in [0, 0.05) is 6.07 Å². The van der Waals surface area contributed by atoms with Crippen LogP contribution < -0.4 is 14.9 Å². The van der Waals surface area contributed by atoms with Crippen molar-refractivity contribution in [2.75, 3.05) is 18.6 Å². The number of hydrogen-bond acceptors (Lipinski definition) is 6. The van der Waals surface area contributed by atoms with Gasteiger partial charge < -0.3 is 9.47 Å². The van der Waals surface area contributed by atoms with Crippen molar-refractivity contribution in [2.45, 2.75) is 13.1 Å². The van der Waals surface area contributed by atoms with E-state index in [1.54, 1.807) is 25.1 Å². The summed E-state index contributed by atoms with van der Waals surface area (Å²) < 4.78 is 49.0. The molecule has 0 radical (unpaired) electrons. The zero-order valence-electron chi connectivity index (χ0n) is 15.2. The van der Waals surface area contributed by atoms with Crippen LogP contribution in [0.15, 0.2) is 41.5 Å². The first kappa shape index (κ1) is 21.6. The number of nitro groups is 1. The number of alkyl halides is 3. The molecule has 0 heterocycles. The van der Waals surface area contributed by atoms with Crippen LogP contribution in [0.1, 0.15) is 18.1 Å². The number of nitro benzene ring substituents is 1. The van der Waals surface area contributed by atoms with Crippen molar-refractivity contribution in [3.63, 3.8) is 0 Å². The zero-order chi connectivity index (χ0) is 21.4. The van der Waals surface area contributed by atoms with Crippen molar-refractivity contribution < 1.29 is 27.6 Å². The van der Waals surface area contributed by atoms with Crippen LogP contribution in [0.5, 0.6) is 11.5 Å². The average molecular weight is 407 g/mol. The lowest BCUT2D eigenvalue weighted by atomic mass is 10.1. The van der Waals surface area contributed by atoms with E-state index in [1.165, 1.54) is 6.21 Å². The Kier molecular flexibility index (Phi) is 7.03. The van der Waals surface area contributed by atoms with E-state index in [4.69, 9.17) is 15.9 Å². The summed E-state index contributed by atoms with van der Waals surface area (Å²) in [5.41, 5.74) is 0.893. The van der Waals surface area contributed by atoms with Gasteiger partial charge in [0.05, 0.1) is 23.3 Å². The molecule has 0 saturated heterocycles. The van der Waals surface area contributed by atoms with Gasteiger partial charge in [0.25, 0.3) is 5.69 Å². The van der Waals surface area contributed by atoms with Crippen LogP contribution >= 0.6 is 0 Å². The largest absolute Gasteiger partial charge is 0.490 e. The van der Waals surface area contributed by atoms with Crippen molar-refractivity contribution in [3.05, 3.63) is 57.6 Å². The molecule has 1 N–H and O–H groups in total. The van der Waals surface area contributed by atoms with Crippen LogP contribution in [0.2, 0.25) is 0 Å².